The van der Waals surface area contributed by atoms with Crippen molar-refractivity contribution in [1.82, 2.24) is 39.9 Å². The van der Waals surface area contributed by atoms with Crippen molar-refractivity contribution in [1.29, 1.82) is 0 Å². The number of fused-ring (bicyclic) bond motifs is 19. The first-order valence-corrected chi connectivity index (χ1v) is 15.7. The Morgan fingerprint density at radius 2 is 0.805 bits per heavy atom. The van der Waals surface area contributed by atoms with Gasteiger partial charge in [-0.3, -0.25) is 4.98 Å². The van der Waals surface area contributed by atoms with E-state index in [2.05, 4.69) is 0 Å². The largest absolute Gasteiger partial charge is 2.00 e. The maximum atomic E-state index is 5.23. The third kappa shape index (κ3) is 4.14. The summed E-state index contributed by atoms with van der Waals surface area (Å²) in [6.07, 6.45) is 17.8. The van der Waals surface area contributed by atoms with Gasteiger partial charge >= 0.3 is 17.1 Å². The summed E-state index contributed by atoms with van der Waals surface area (Å²) in [6.45, 7) is 0. The van der Waals surface area contributed by atoms with E-state index in [9.17, 15) is 0 Å². The monoisotopic (exact) mass is 593 g/mol. The zero-order valence-electron chi connectivity index (χ0n) is 23.3. The second-order valence-corrected chi connectivity index (χ2v) is 12.5. The molecule has 0 N–H and O–H groups in total. The van der Waals surface area contributed by atoms with Crippen LogP contribution in [-0.2, 0) is 42.8 Å². The van der Waals surface area contributed by atoms with Crippen LogP contribution in [0.5, 0.6) is 0 Å². The molecule has 9 rings (SSSR count). The Balaban J connectivity index is 0.00000256. The average molecular weight is 594 g/mol. The molecule has 3 aromatic heterocycles. The second-order valence-electron chi connectivity index (χ2n) is 12.5. The summed E-state index contributed by atoms with van der Waals surface area (Å²) in [5, 5.41) is 0. The molecular weight excluding hydrogens is 560 g/mol. The standard InChI is InChI=1S/C32H34N8.Cu/c1-2-10-18-17(9-1)25-33-26(18)38-28-21-13-5-6-14-22(21)30(35-28)40-32-24-16-8-7-15-23(24)31(36-32)39-29-20-12-4-3-11-19(20)27(34-29)37-25;/h17-18H,1-16H2;/q-2;+2/t17-,18?;/m0./s1. The first-order valence-electron chi connectivity index (χ1n) is 15.7. The van der Waals surface area contributed by atoms with Crippen LogP contribution in [0.4, 0.5) is 0 Å². The van der Waals surface area contributed by atoms with Crippen LogP contribution in [-0.4, -0.2) is 29.9 Å². The van der Waals surface area contributed by atoms with Gasteiger partial charge in [-0.05, 0) is 123 Å². The van der Waals surface area contributed by atoms with Crippen LogP contribution in [0.2, 0.25) is 0 Å². The van der Waals surface area contributed by atoms with Crippen molar-refractivity contribution >= 4 is 33.7 Å². The maximum absolute atomic E-state index is 5.23. The predicted molar refractivity (Wildman–Crippen MR) is 153 cm³/mol. The molecule has 4 aliphatic carbocycles. The smallest absolute Gasteiger partial charge is 0.358 e. The van der Waals surface area contributed by atoms with E-state index in [1.54, 1.807) is 0 Å². The first-order chi connectivity index (χ1) is 19.8. The molecule has 0 saturated heterocycles. The first kappa shape index (κ1) is 25.8. The number of aromatic nitrogens is 8. The molecule has 1 saturated carbocycles. The minimum atomic E-state index is 0. The Kier molecular flexibility index (Phi) is 6.37. The third-order valence-electron chi connectivity index (χ3n) is 10.2. The Labute approximate surface area is 250 Å². The van der Waals surface area contributed by atoms with Gasteiger partial charge < -0.3 is 29.9 Å². The van der Waals surface area contributed by atoms with Crippen LogP contribution < -0.4 is 9.97 Å². The second kappa shape index (κ2) is 10.1. The van der Waals surface area contributed by atoms with Crippen molar-refractivity contribution in [3.8, 4) is 0 Å². The molecule has 0 amide bonds. The molecule has 0 aromatic carbocycles. The molecule has 213 valence electrons. The van der Waals surface area contributed by atoms with E-state index in [0.29, 0.717) is 11.8 Å². The number of rotatable bonds is 0. The Morgan fingerprint density at radius 1 is 0.415 bits per heavy atom. The van der Waals surface area contributed by atoms with Crippen molar-refractivity contribution in [2.45, 2.75) is 115 Å². The predicted octanol–water partition coefficient (Wildman–Crippen LogP) is 5.83. The van der Waals surface area contributed by atoms with Crippen molar-refractivity contribution in [3.05, 3.63) is 45.6 Å². The molecule has 2 atom stereocenters. The van der Waals surface area contributed by atoms with E-state index < -0.39 is 0 Å². The maximum Gasteiger partial charge on any atom is 2.00 e. The van der Waals surface area contributed by atoms with Gasteiger partial charge in [-0.2, -0.15) is 0 Å². The zero-order chi connectivity index (χ0) is 26.2. The van der Waals surface area contributed by atoms with Gasteiger partial charge in [0.25, 0.3) is 0 Å². The van der Waals surface area contributed by atoms with Crippen LogP contribution in [0, 0.1) is 0 Å². The van der Waals surface area contributed by atoms with Gasteiger partial charge in [-0.25, -0.2) is 4.98 Å². The molecule has 3 aromatic rings. The van der Waals surface area contributed by atoms with Crippen molar-refractivity contribution in [3.63, 3.8) is 0 Å². The van der Waals surface area contributed by atoms with Gasteiger partial charge in [0.15, 0.2) is 0 Å². The normalized spacial score (nSPS) is 23.2. The number of nitrogens with zero attached hydrogens (tertiary/aromatic N) is 8. The summed E-state index contributed by atoms with van der Waals surface area (Å²) < 4.78 is 0. The fourth-order valence-corrected chi connectivity index (χ4v) is 8.12. The van der Waals surface area contributed by atoms with E-state index in [-0.39, 0.29) is 17.1 Å². The quantitative estimate of drug-likeness (QED) is 0.300. The summed E-state index contributed by atoms with van der Waals surface area (Å²) in [5.74, 6) is 4.10. The molecule has 5 heterocycles. The molecule has 8 bridgehead atoms. The Bertz CT molecular complexity index is 1630. The average Bonchev–Trinajstić information content (AvgIpc) is 3.73. The summed E-state index contributed by atoms with van der Waals surface area (Å²) >= 11 is 0. The van der Waals surface area contributed by atoms with Crippen LogP contribution in [0.25, 0.3) is 33.7 Å². The van der Waals surface area contributed by atoms with E-state index in [0.717, 1.165) is 97.3 Å². The van der Waals surface area contributed by atoms with Gasteiger partial charge in [0, 0.05) is 34.4 Å². The summed E-state index contributed by atoms with van der Waals surface area (Å²) in [7, 11) is 0. The van der Waals surface area contributed by atoms with Crippen molar-refractivity contribution < 1.29 is 17.1 Å². The molecule has 1 unspecified atom stereocenters. The van der Waals surface area contributed by atoms with Crippen LogP contribution in [0.3, 0.4) is 0 Å². The Hall–Kier alpha value is -2.90. The van der Waals surface area contributed by atoms with Gasteiger partial charge in [-0.15, -0.1) is 0 Å². The fourth-order valence-electron chi connectivity index (χ4n) is 8.12. The van der Waals surface area contributed by atoms with Gasteiger partial charge in [0.05, 0.1) is 23.3 Å². The van der Waals surface area contributed by atoms with Gasteiger partial charge in [-0.1, -0.05) is 12.8 Å². The van der Waals surface area contributed by atoms with E-state index in [1.807, 2.05) is 0 Å². The molecule has 41 heavy (non-hydrogen) atoms. The third-order valence-corrected chi connectivity index (χ3v) is 10.2. The number of aryl methyl sites for hydroxylation is 4. The summed E-state index contributed by atoms with van der Waals surface area (Å²) in [4.78, 5) is 41.2. The summed E-state index contributed by atoms with van der Waals surface area (Å²) in [5.41, 5.74) is 10.9. The van der Waals surface area contributed by atoms with Crippen LogP contribution in [0.15, 0.2) is 0 Å². The van der Waals surface area contributed by atoms with E-state index in [4.69, 9.17) is 39.9 Å². The van der Waals surface area contributed by atoms with Gasteiger partial charge in [0.1, 0.15) is 0 Å². The molecule has 9 heteroatoms. The number of hydrogen-bond acceptors (Lipinski definition) is 6. The minimum Gasteiger partial charge on any atom is -0.358 e. The number of hydrogen-bond donors (Lipinski definition) is 0. The Morgan fingerprint density at radius 3 is 1.24 bits per heavy atom. The molecule has 6 aliphatic rings. The SMILES string of the molecule is C1CCC2=C(C1)c1nc2nc2[n-]c(nc3nc(nc4[n-]c(n1)c1c4CCCC1)C1CCCC[C@H]31)c1c2CCCC1.[Cu+2]. The van der Waals surface area contributed by atoms with Gasteiger partial charge in [0.2, 0.25) is 0 Å². The van der Waals surface area contributed by atoms with Crippen LogP contribution >= 0.6 is 0 Å². The molecule has 1 fully saturated rings. The molecule has 8 nitrogen and oxygen atoms in total. The van der Waals surface area contributed by atoms with E-state index in [1.165, 1.54) is 84.8 Å². The van der Waals surface area contributed by atoms with Crippen molar-refractivity contribution in [2.24, 2.45) is 0 Å². The topological polar surface area (TPSA) is 106 Å². The minimum absolute atomic E-state index is 0. The van der Waals surface area contributed by atoms with E-state index >= 15 is 0 Å². The molecular formula is C32H34CuN8. The zero-order valence-corrected chi connectivity index (χ0v) is 24.3. The molecule has 0 spiro atoms. The number of allylic oxidation sites excluding steroid dienone is 2. The fraction of sp³-hybridized carbons (Fsp3) is 0.562. The summed E-state index contributed by atoms with van der Waals surface area (Å²) in [6, 6.07) is 0. The van der Waals surface area contributed by atoms with Crippen molar-refractivity contribution in [2.75, 3.05) is 0 Å². The van der Waals surface area contributed by atoms with Crippen LogP contribution in [0.1, 0.15) is 134 Å². The molecule has 2 aliphatic heterocycles. The molecule has 1 radical (unpaired) electrons.